The largest absolute Gasteiger partial charge is 0.493 e. The molecule has 3 aliphatic heterocycles. The second-order valence-corrected chi connectivity index (χ2v) is 10.6. The highest BCUT2D eigenvalue weighted by Crippen LogP contribution is 2.59. The van der Waals surface area contributed by atoms with Gasteiger partial charge in [-0.25, -0.2) is 4.79 Å². The van der Waals surface area contributed by atoms with Crippen LogP contribution in [0.25, 0.3) is 10.9 Å². The molecule has 0 radical (unpaired) electrons. The molecule has 0 aliphatic carbocycles. The molecule has 1 fully saturated rings. The van der Waals surface area contributed by atoms with Crippen molar-refractivity contribution in [1.29, 1.82) is 0 Å². The van der Waals surface area contributed by atoms with E-state index in [0.29, 0.717) is 35.5 Å². The fourth-order valence-corrected chi connectivity index (χ4v) is 7.49. The molecule has 0 saturated carbocycles. The lowest BCUT2D eigenvalue weighted by Gasteiger charge is -2.56. The number of aromatic nitrogens is 1. The van der Waals surface area contributed by atoms with Crippen molar-refractivity contribution in [3.63, 3.8) is 0 Å². The van der Waals surface area contributed by atoms with Crippen LogP contribution in [0.2, 0.25) is 0 Å². The smallest absolute Gasteiger partial charge is 0.342 e. The van der Waals surface area contributed by atoms with Crippen molar-refractivity contribution < 1.29 is 23.7 Å². The quantitative estimate of drug-likeness (QED) is 0.393. The number of esters is 1. The standard InChI is InChI=1S/C30H36N2O5/c1-5-30-14-8-15-31-16-13-21-20-9-6-7-10-23(20)32(25(21)28(30)31)19(17-30)18-37-29(33)22-11-12-24(34-2)27(36-4)26(22)35-3/h6-7,9-12,19,28H,5,8,13-18H2,1-4H3/t19-,28-,30+/m1/s1. The van der Waals surface area contributed by atoms with Crippen molar-refractivity contribution >= 4 is 16.9 Å². The van der Waals surface area contributed by atoms with Crippen molar-refractivity contribution in [1.82, 2.24) is 9.47 Å². The molecule has 0 bridgehead atoms. The van der Waals surface area contributed by atoms with Crippen LogP contribution in [-0.4, -0.2) is 56.5 Å². The number of carbonyl (C=O) groups excluding carboxylic acids is 1. The second-order valence-electron chi connectivity index (χ2n) is 10.6. The number of benzene rings is 2. The molecule has 0 amide bonds. The van der Waals surface area contributed by atoms with E-state index in [1.165, 1.54) is 55.8 Å². The number of carbonyl (C=O) groups is 1. The normalized spacial score (nSPS) is 24.4. The van der Waals surface area contributed by atoms with Gasteiger partial charge in [-0.2, -0.15) is 0 Å². The minimum atomic E-state index is -0.416. The molecule has 3 aromatic rings. The van der Waals surface area contributed by atoms with Gasteiger partial charge in [0.15, 0.2) is 11.5 Å². The predicted octanol–water partition coefficient (Wildman–Crippen LogP) is 5.56. The van der Waals surface area contributed by atoms with E-state index in [-0.39, 0.29) is 11.5 Å². The Morgan fingerprint density at radius 2 is 1.84 bits per heavy atom. The summed E-state index contributed by atoms with van der Waals surface area (Å²) in [7, 11) is 4.61. The molecule has 37 heavy (non-hydrogen) atoms. The third kappa shape index (κ3) is 3.54. The zero-order chi connectivity index (χ0) is 25.7. The van der Waals surface area contributed by atoms with Gasteiger partial charge in [-0.15, -0.1) is 0 Å². The molecule has 2 aromatic carbocycles. The van der Waals surface area contributed by atoms with Crippen LogP contribution >= 0.6 is 0 Å². The van der Waals surface area contributed by atoms with E-state index in [0.717, 1.165) is 25.8 Å². The molecule has 0 N–H and O–H groups in total. The van der Waals surface area contributed by atoms with Crippen LogP contribution in [0.1, 0.15) is 66.3 Å². The predicted molar refractivity (Wildman–Crippen MR) is 142 cm³/mol. The van der Waals surface area contributed by atoms with E-state index in [2.05, 4.69) is 40.7 Å². The summed E-state index contributed by atoms with van der Waals surface area (Å²) in [5.41, 5.74) is 4.76. The van der Waals surface area contributed by atoms with Gasteiger partial charge in [-0.3, -0.25) is 4.90 Å². The Morgan fingerprint density at radius 1 is 1.03 bits per heavy atom. The molecular formula is C30H36N2O5. The number of piperidine rings is 1. The molecular weight excluding hydrogens is 468 g/mol. The molecule has 1 saturated heterocycles. The topological polar surface area (TPSA) is 62.2 Å². The van der Waals surface area contributed by atoms with E-state index in [9.17, 15) is 4.79 Å². The molecule has 0 spiro atoms. The van der Waals surface area contributed by atoms with Crippen LogP contribution in [0.15, 0.2) is 36.4 Å². The van der Waals surface area contributed by atoms with E-state index < -0.39 is 5.97 Å². The first-order chi connectivity index (χ1) is 18.1. The van der Waals surface area contributed by atoms with Crippen LogP contribution in [0, 0.1) is 5.41 Å². The summed E-state index contributed by atoms with van der Waals surface area (Å²) in [6, 6.07) is 12.7. The summed E-state index contributed by atoms with van der Waals surface area (Å²) in [6.45, 7) is 4.96. The molecule has 4 heterocycles. The van der Waals surface area contributed by atoms with Gasteiger partial charge < -0.3 is 23.5 Å². The number of fused-ring (bicyclic) bond motifs is 3. The Hall–Kier alpha value is -3.19. The lowest BCUT2D eigenvalue weighted by molar-refractivity contribution is -0.0445. The molecule has 3 atom stereocenters. The average molecular weight is 505 g/mol. The summed E-state index contributed by atoms with van der Waals surface area (Å²) >= 11 is 0. The van der Waals surface area contributed by atoms with Gasteiger partial charge in [0.1, 0.15) is 12.2 Å². The minimum absolute atomic E-state index is 0.0815. The van der Waals surface area contributed by atoms with Crippen LogP contribution < -0.4 is 14.2 Å². The number of methoxy groups -OCH3 is 3. The Kier molecular flexibility index (Phi) is 6.06. The lowest BCUT2D eigenvalue weighted by Crippen LogP contribution is -2.53. The van der Waals surface area contributed by atoms with Crippen LogP contribution in [0.4, 0.5) is 0 Å². The zero-order valence-electron chi connectivity index (χ0n) is 22.2. The third-order valence-electron chi connectivity index (χ3n) is 9.07. The number of hydrogen-bond acceptors (Lipinski definition) is 6. The Labute approximate surface area is 218 Å². The fraction of sp³-hybridized carbons (Fsp3) is 0.500. The summed E-state index contributed by atoms with van der Waals surface area (Å²) in [6.07, 6.45) is 5.67. The van der Waals surface area contributed by atoms with Gasteiger partial charge in [0.25, 0.3) is 0 Å². The van der Waals surface area contributed by atoms with Crippen molar-refractivity contribution in [3.8, 4) is 17.2 Å². The first-order valence-electron chi connectivity index (χ1n) is 13.4. The number of hydrogen-bond donors (Lipinski definition) is 0. The highest BCUT2D eigenvalue weighted by atomic mass is 16.5. The first-order valence-corrected chi connectivity index (χ1v) is 13.4. The summed E-state index contributed by atoms with van der Waals surface area (Å²) in [5.74, 6) is 0.803. The Balaban J connectivity index is 1.39. The van der Waals surface area contributed by atoms with Crippen LogP contribution in [0.5, 0.6) is 17.2 Å². The van der Waals surface area contributed by atoms with Crippen molar-refractivity contribution in [2.45, 2.75) is 51.1 Å². The Bertz CT molecular complexity index is 1350. The third-order valence-corrected chi connectivity index (χ3v) is 9.07. The van der Waals surface area contributed by atoms with E-state index >= 15 is 0 Å². The maximum atomic E-state index is 13.4. The average Bonchev–Trinajstić information content (AvgIpc) is 3.29. The lowest BCUT2D eigenvalue weighted by atomic mass is 9.63. The maximum Gasteiger partial charge on any atom is 0.342 e. The molecule has 7 heteroatoms. The van der Waals surface area contributed by atoms with E-state index in [1.807, 2.05) is 0 Å². The monoisotopic (exact) mass is 504 g/mol. The molecule has 3 aliphatic rings. The first kappa shape index (κ1) is 24.2. The van der Waals surface area contributed by atoms with Crippen molar-refractivity contribution in [2.24, 2.45) is 5.41 Å². The highest BCUT2D eigenvalue weighted by Gasteiger charge is 2.53. The van der Waals surface area contributed by atoms with Gasteiger partial charge in [-0.05, 0) is 67.8 Å². The summed E-state index contributed by atoms with van der Waals surface area (Å²) in [4.78, 5) is 16.1. The molecule has 0 unspecified atom stereocenters. The second kappa shape index (κ2) is 9.28. The van der Waals surface area contributed by atoms with Gasteiger partial charge >= 0.3 is 5.97 Å². The summed E-state index contributed by atoms with van der Waals surface area (Å²) in [5, 5.41) is 1.35. The highest BCUT2D eigenvalue weighted by molar-refractivity contribution is 5.94. The van der Waals surface area contributed by atoms with Gasteiger partial charge in [0, 0.05) is 23.1 Å². The van der Waals surface area contributed by atoms with Crippen LogP contribution in [0.3, 0.4) is 0 Å². The minimum Gasteiger partial charge on any atom is -0.493 e. The fourth-order valence-electron chi connectivity index (χ4n) is 7.49. The SMILES string of the molecule is CC[C@]12CCCN3CCc4c(n(c5ccccc45)[C@@H](COC(=O)c4ccc(OC)c(OC)c4OC)C1)[C@@H]32. The van der Waals surface area contributed by atoms with E-state index in [4.69, 9.17) is 18.9 Å². The van der Waals surface area contributed by atoms with E-state index in [1.54, 1.807) is 19.2 Å². The zero-order valence-corrected chi connectivity index (χ0v) is 22.2. The van der Waals surface area contributed by atoms with Gasteiger partial charge in [0.05, 0.1) is 33.4 Å². The molecule has 7 nitrogen and oxygen atoms in total. The molecule has 1 aromatic heterocycles. The van der Waals surface area contributed by atoms with Crippen molar-refractivity contribution in [2.75, 3.05) is 41.0 Å². The van der Waals surface area contributed by atoms with Gasteiger partial charge in [0.2, 0.25) is 5.75 Å². The maximum absolute atomic E-state index is 13.4. The van der Waals surface area contributed by atoms with Crippen LogP contribution in [-0.2, 0) is 11.2 Å². The molecule has 6 rings (SSSR count). The molecule has 196 valence electrons. The number of nitrogens with zero attached hydrogens (tertiary/aromatic N) is 2. The Morgan fingerprint density at radius 3 is 2.59 bits per heavy atom. The number of ether oxygens (including phenoxy) is 4. The van der Waals surface area contributed by atoms with Gasteiger partial charge in [-0.1, -0.05) is 25.1 Å². The summed E-state index contributed by atoms with van der Waals surface area (Å²) < 4.78 is 25.0. The van der Waals surface area contributed by atoms with Crippen molar-refractivity contribution in [3.05, 3.63) is 53.2 Å². The number of rotatable bonds is 7. The number of para-hydroxylation sites is 1.